The fraction of sp³-hybridized carbons (Fsp3) is 0.0909. The van der Waals surface area contributed by atoms with Gasteiger partial charge in [0.2, 0.25) is 10.0 Å². The van der Waals surface area contributed by atoms with E-state index in [4.69, 9.17) is 0 Å². The van der Waals surface area contributed by atoms with Crippen LogP contribution in [0.1, 0.15) is 5.56 Å². The van der Waals surface area contributed by atoms with E-state index in [0.29, 0.717) is 9.35 Å². The highest BCUT2D eigenvalue weighted by Crippen LogP contribution is 2.26. The van der Waals surface area contributed by atoms with Crippen molar-refractivity contribution in [2.45, 2.75) is 10.8 Å². The highest BCUT2D eigenvalue weighted by molar-refractivity contribution is 9.11. The second-order valence-corrected chi connectivity index (χ2v) is 8.27. The normalized spacial score (nSPS) is 11.4. The summed E-state index contributed by atoms with van der Waals surface area (Å²) in [5.41, 5.74) is 0.457. The number of halogens is 1. The Labute approximate surface area is 127 Å². The Morgan fingerprint density at radius 1 is 1.30 bits per heavy atom. The van der Waals surface area contributed by atoms with Gasteiger partial charge in [-0.15, -0.1) is 11.3 Å². The summed E-state index contributed by atoms with van der Waals surface area (Å²) >= 11 is 4.29. The second-order valence-electron chi connectivity index (χ2n) is 3.81. The van der Waals surface area contributed by atoms with Gasteiger partial charge in [-0.25, -0.2) is 13.1 Å². The molecule has 0 unspecified atom stereocenters. The summed E-state index contributed by atoms with van der Waals surface area (Å²) in [6.07, 6.45) is 0. The Balaban J connectivity index is 2.12. The Morgan fingerprint density at radius 3 is 2.65 bits per heavy atom. The smallest absolute Gasteiger partial charge is 0.258 e. The molecule has 20 heavy (non-hydrogen) atoms. The van der Waals surface area contributed by atoms with Gasteiger partial charge >= 0.3 is 0 Å². The fourth-order valence-corrected chi connectivity index (χ4v) is 4.54. The lowest BCUT2D eigenvalue weighted by Crippen LogP contribution is -2.22. The molecule has 1 aromatic carbocycles. The number of sulfonamides is 1. The quantitative estimate of drug-likeness (QED) is 0.641. The first-order chi connectivity index (χ1) is 9.38. The van der Waals surface area contributed by atoms with E-state index in [1.165, 1.54) is 24.3 Å². The van der Waals surface area contributed by atoms with Crippen LogP contribution in [0.3, 0.4) is 0 Å². The average Bonchev–Trinajstić information content (AvgIpc) is 2.84. The highest BCUT2D eigenvalue weighted by Gasteiger charge is 2.16. The molecule has 2 rings (SSSR count). The van der Waals surface area contributed by atoms with Gasteiger partial charge < -0.3 is 0 Å². The molecular weight excluding hydrogens is 368 g/mol. The van der Waals surface area contributed by atoms with Crippen LogP contribution in [0, 0.1) is 10.1 Å². The molecule has 0 aliphatic heterocycles. The van der Waals surface area contributed by atoms with Gasteiger partial charge in [-0.05, 0) is 33.6 Å². The van der Waals surface area contributed by atoms with E-state index in [-0.39, 0.29) is 16.4 Å². The number of benzene rings is 1. The van der Waals surface area contributed by atoms with E-state index in [9.17, 15) is 18.5 Å². The third kappa shape index (κ3) is 3.63. The van der Waals surface area contributed by atoms with E-state index in [2.05, 4.69) is 20.7 Å². The van der Waals surface area contributed by atoms with Crippen molar-refractivity contribution in [3.63, 3.8) is 0 Å². The zero-order valence-electron chi connectivity index (χ0n) is 9.95. The third-order valence-electron chi connectivity index (χ3n) is 2.40. The molecule has 0 amide bonds. The third-order valence-corrected chi connectivity index (χ3v) is 5.92. The second kappa shape index (κ2) is 6.00. The van der Waals surface area contributed by atoms with Gasteiger partial charge in [-0.1, -0.05) is 12.1 Å². The molecule has 1 heterocycles. The Morgan fingerprint density at radius 2 is 2.05 bits per heavy atom. The first kappa shape index (κ1) is 15.1. The van der Waals surface area contributed by atoms with Crippen LogP contribution in [-0.2, 0) is 16.6 Å². The van der Waals surface area contributed by atoms with E-state index < -0.39 is 14.9 Å². The molecule has 0 aliphatic rings. The summed E-state index contributed by atoms with van der Waals surface area (Å²) in [7, 11) is -3.60. The predicted molar refractivity (Wildman–Crippen MR) is 79.1 cm³/mol. The standard InChI is InChI=1S/C11H9BrN2O4S2/c12-10-4-5-11(19-10)20(17,18)13-7-8-2-1-3-9(6-8)14(15)16/h1-6,13H,7H2. The van der Waals surface area contributed by atoms with Gasteiger partial charge in [-0.2, -0.15) is 0 Å². The molecular formula is C11H9BrN2O4S2. The zero-order chi connectivity index (χ0) is 14.8. The van der Waals surface area contributed by atoms with Crippen molar-refractivity contribution in [2.24, 2.45) is 0 Å². The first-order valence-electron chi connectivity index (χ1n) is 5.37. The Kier molecular flexibility index (Phi) is 4.53. The lowest BCUT2D eigenvalue weighted by molar-refractivity contribution is -0.384. The fourth-order valence-electron chi connectivity index (χ4n) is 1.47. The monoisotopic (exact) mass is 376 g/mol. The van der Waals surface area contributed by atoms with Crippen molar-refractivity contribution in [2.75, 3.05) is 0 Å². The number of hydrogen-bond acceptors (Lipinski definition) is 5. The van der Waals surface area contributed by atoms with Gasteiger partial charge in [0.1, 0.15) is 4.21 Å². The van der Waals surface area contributed by atoms with Crippen LogP contribution >= 0.6 is 27.3 Å². The first-order valence-corrected chi connectivity index (χ1v) is 8.46. The SMILES string of the molecule is O=[N+]([O-])c1cccc(CNS(=O)(=O)c2ccc(Br)s2)c1. The number of nitrogens with one attached hydrogen (secondary N) is 1. The average molecular weight is 377 g/mol. The number of rotatable bonds is 5. The topological polar surface area (TPSA) is 89.3 Å². The molecule has 106 valence electrons. The van der Waals surface area contributed by atoms with Gasteiger partial charge in [0, 0.05) is 18.7 Å². The van der Waals surface area contributed by atoms with Crippen LogP contribution in [0.15, 0.2) is 44.4 Å². The summed E-state index contributed by atoms with van der Waals surface area (Å²) < 4.78 is 27.3. The predicted octanol–water partition coefficient (Wildman–Crippen LogP) is 2.90. The number of nitrogens with zero attached hydrogens (tertiary/aromatic N) is 1. The largest absolute Gasteiger partial charge is 0.269 e. The van der Waals surface area contributed by atoms with Crippen LogP contribution < -0.4 is 4.72 Å². The van der Waals surface area contributed by atoms with E-state index in [1.54, 1.807) is 12.1 Å². The molecule has 0 atom stereocenters. The lowest BCUT2D eigenvalue weighted by Gasteiger charge is -2.04. The molecule has 2 aromatic rings. The minimum absolute atomic E-state index is 0.000464. The number of nitro benzene ring substituents is 1. The molecule has 0 aliphatic carbocycles. The minimum atomic E-state index is -3.60. The molecule has 6 nitrogen and oxygen atoms in total. The van der Waals surface area contributed by atoms with Crippen molar-refractivity contribution in [1.82, 2.24) is 4.72 Å². The molecule has 0 saturated carbocycles. The number of hydrogen-bond donors (Lipinski definition) is 1. The van der Waals surface area contributed by atoms with Crippen molar-refractivity contribution >= 4 is 43.0 Å². The molecule has 0 saturated heterocycles. The molecule has 0 spiro atoms. The van der Waals surface area contributed by atoms with Crippen molar-refractivity contribution in [3.8, 4) is 0 Å². The van der Waals surface area contributed by atoms with Crippen molar-refractivity contribution in [1.29, 1.82) is 0 Å². The van der Waals surface area contributed by atoms with E-state index in [1.807, 2.05) is 0 Å². The molecule has 0 radical (unpaired) electrons. The van der Waals surface area contributed by atoms with Gasteiger partial charge in [-0.3, -0.25) is 10.1 Å². The van der Waals surface area contributed by atoms with Crippen LogP contribution in [0.25, 0.3) is 0 Å². The maximum Gasteiger partial charge on any atom is 0.269 e. The maximum absolute atomic E-state index is 12.0. The van der Waals surface area contributed by atoms with Crippen LogP contribution in [0.4, 0.5) is 5.69 Å². The zero-order valence-corrected chi connectivity index (χ0v) is 13.2. The minimum Gasteiger partial charge on any atom is -0.258 e. The van der Waals surface area contributed by atoms with Crippen LogP contribution in [0.2, 0.25) is 0 Å². The molecule has 1 N–H and O–H groups in total. The van der Waals surface area contributed by atoms with E-state index >= 15 is 0 Å². The Hall–Kier alpha value is -1.29. The summed E-state index contributed by atoms with van der Waals surface area (Å²) in [6.45, 7) is -0.000464. The lowest BCUT2D eigenvalue weighted by atomic mass is 10.2. The molecule has 1 aromatic heterocycles. The molecule has 9 heteroatoms. The summed E-state index contributed by atoms with van der Waals surface area (Å²) in [5, 5.41) is 10.6. The molecule has 0 fully saturated rings. The number of non-ortho nitro benzene ring substituents is 1. The highest BCUT2D eigenvalue weighted by atomic mass is 79.9. The Bertz CT molecular complexity index is 742. The number of nitro groups is 1. The van der Waals surface area contributed by atoms with Crippen molar-refractivity contribution in [3.05, 3.63) is 55.9 Å². The van der Waals surface area contributed by atoms with Gasteiger partial charge in [0.05, 0.1) is 8.71 Å². The summed E-state index contributed by atoms with van der Waals surface area (Å²) in [4.78, 5) is 10.1. The van der Waals surface area contributed by atoms with Gasteiger partial charge in [0.15, 0.2) is 0 Å². The molecule has 0 bridgehead atoms. The van der Waals surface area contributed by atoms with Gasteiger partial charge in [0.25, 0.3) is 5.69 Å². The van der Waals surface area contributed by atoms with Crippen LogP contribution in [-0.4, -0.2) is 13.3 Å². The van der Waals surface area contributed by atoms with Crippen LogP contribution in [0.5, 0.6) is 0 Å². The van der Waals surface area contributed by atoms with Crippen molar-refractivity contribution < 1.29 is 13.3 Å². The summed E-state index contributed by atoms with van der Waals surface area (Å²) in [6, 6.07) is 8.97. The van der Waals surface area contributed by atoms with E-state index in [0.717, 1.165) is 11.3 Å². The maximum atomic E-state index is 12.0. The summed E-state index contributed by atoms with van der Waals surface area (Å²) in [5.74, 6) is 0. The number of thiophene rings is 1.